The molecule has 0 radical (unpaired) electrons. The first-order chi connectivity index (χ1) is 11.6. The lowest BCUT2D eigenvalue weighted by Crippen LogP contribution is -2.61. The Labute approximate surface area is 143 Å². The Morgan fingerprint density at radius 3 is 2.46 bits per heavy atom. The lowest BCUT2D eigenvalue weighted by Gasteiger charge is -2.58. The van der Waals surface area contributed by atoms with Crippen LogP contribution < -0.4 is 0 Å². The van der Waals surface area contributed by atoms with E-state index in [0.717, 1.165) is 57.9 Å². The molecule has 2 saturated heterocycles. The van der Waals surface area contributed by atoms with Gasteiger partial charge in [-0.3, -0.25) is 14.4 Å². The van der Waals surface area contributed by atoms with Gasteiger partial charge in [0.05, 0.1) is 13.2 Å². The third-order valence-electron chi connectivity index (χ3n) is 6.49. The highest BCUT2D eigenvalue weighted by molar-refractivity contribution is 5.92. The average Bonchev–Trinajstić information content (AvgIpc) is 2.93. The number of amides is 1. The number of piperidine rings is 1. The summed E-state index contributed by atoms with van der Waals surface area (Å²) < 4.78 is 7.28. The molecule has 6 heteroatoms. The summed E-state index contributed by atoms with van der Waals surface area (Å²) in [6.07, 6.45) is 4.90. The minimum absolute atomic E-state index is 0.0933. The summed E-state index contributed by atoms with van der Waals surface area (Å²) in [4.78, 5) is 17.3. The molecule has 4 rings (SSSR count). The molecular weight excluding hydrogens is 304 g/mol. The molecular formula is C18H28N4O2. The van der Waals surface area contributed by atoms with Gasteiger partial charge in [-0.1, -0.05) is 0 Å². The van der Waals surface area contributed by atoms with Crippen LogP contribution in [0.25, 0.3) is 0 Å². The van der Waals surface area contributed by atoms with Crippen LogP contribution in [0.1, 0.15) is 41.9 Å². The smallest absolute Gasteiger partial charge is 0.274 e. The van der Waals surface area contributed by atoms with Crippen molar-refractivity contribution in [2.45, 2.75) is 38.6 Å². The van der Waals surface area contributed by atoms with E-state index in [1.807, 2.05) is 24.9 Å². The number of rotatable bonds is 2. The summed E-state index contributed by atoms with van der Waals surface area (Å²) in [5.41, 5.74) is 2.05. The van der Waals surface area contributed by atoms with Gasteiger partial charge in [-0.15, -0.1) is 0 Å². The van der Waals surface area contributed by atoms with E-state index in [4.69, 9.17) is 4.74 Å². The standard InChI is InChI=1S/C18H28N4O2/c1-14-13-15(19-20(14)2)17(23)22-7-5-18(6-8-22)4-3-16(18)21-9-11-24-12-10-21/h13,16H,3-12H2,1-2H3. The molecule has 0 aromatic carbocycles. The fourth-order valence-corrected chi connectivity index (χ4v) is 4.71. The molecule has 1 unspecified atom stereocenters. The van der Waals surface area contributed by atoms with Crippen LogP contribution in [0.4, 0.5) is 0 Å². The quantitative estimate of drug-likeness (QED) is 0.822. The molecule has 1 aromatic rings. The van der Waals surface area contributed by atoms with Crippen molar-refractivity contribution in [3.05, 3.63) is 17.5 Å². The largest absolute Gasteiger partial charge is 0.379 e. The Kier molecular flexibility index (Phi) is 4.12. The number of morpholine rings is 1. The van der Waals surface area contributed by atoms with Crippen molar-refractivity contribution in [1.29, 1.82) is 0 Å². The molecule has 1 spiro atoms. The Hall–Kier alpha value is -1.40. The maximum atomic E-state index is 12.7. The molecule has 2 aliphatic heterocycles. The monoisotopic (exact) mass is 332 g/mol. The van der Waals surface area contributed by atoms with Gasteiger partial charge in [0, 0.05) is 45.0 Å². The minimum Gasteiger partial charge on any atom is -0.379 e. The molecule has 132 valence electrons. The third kappa shape index (κ3) is 2.65. The van der Waals surface area contributed by atoms with Crippen molar-refractivity contribution in [3.8, 4) is 0 Å². The Bertz CT molecular complexity index is 593. The Morgan fingerprint density at radius 2 is 1.92 bits per heavy atom. The number of ether oxygens (including phenoxy) is 1. The lowest BCUT2D eigenvalue weighted by molar-refractivity contribution is -0.0937. The highest BCUT2D eigenvalue weighted by Crippen LogP contribution is 2.51. The fourth-order valence-electron chi connectivity index (χ4n) is 4.71. The SMILES string of the molecule is Cc1cc(C(=O)N2CCC3(CCC3N3CCOCC3)CC2)nn1C. The topological polar surface area (TPSA) is 50.6 Å². The van der Waals surface area contributed by atoms with Crippen molar-refractivity contribution in [2.24, 2.45) is 12.5 Å². The van der Waals surface area contributed by atoms with Crippen LogP contribution in [0, 0.1) is 12.3 Å². The van der Waals surface area contributed by atoms with Crippen molar-refractivity contribution in [3.63, 3.8) is 0 Å². The molecule has 1 saturated carbocycles. The molecule has 3 aliphatic rings. The zero-order chi connectivity index (χ0) is 16.7. The van der Waals surface area contributed by atoms with E-state index < -0.39 is 0 Å². The summed E-state index contributed by atoms with van der Waals surface area (Å²) in [7, 11) is 1.89. The van der Waals surface area contributed by atoms with Gasteiger partial charge in [-0.25, -0.2) is 0 Å². The second-order valence-corrected chi connectivity index (χ2v) is 7.65. The number of likely N-dealkylation sites (tertiary alicyclic amines) is 1. The number of hydrogen-bond donors (Lipinski definition) is 0. The highest BCUT2D eigenvalue weighted by Gasteiger charge is 2.51. The van der Waals surface area contributed by atoms with E-state index in [-0.39, 0.29) is 5.91 Å². The van der Waals surface area contributed by atoms with Crippen LogP contribution in [-0.2, 0) is 11.8 Å². The molecule has 1 aliphatic carbocycles. The van der Waals surface area contributed by atoms with E-state index in [9.17, 15) is 4.79 Å². The van der Waals surface area contributed by atoms with E-state index in [0.29, 0.717) is 17.2 Å². The van der Waals surface area contributed by atoms with Gasteiger partial charge >= 0.3 is 0 Å². The van der Waals surface area contributed by atoms with Crippen LogP contribution in [0.5, 0.6) is 0 Å². The van der Waals surface area contributed by atoms with Crippen LogP contribution >= 0.6 is 0 Å². The van der Waals surface area contributed by atoms with Gasteiger partial charge < -0.3 is 9.64 Å². The molecule has 1 amide bonds. The van der Waals surface area contributed by atoms with Crippen LogP contribution in [0.2, 0.25) is 0 Å². The number of aryl methyl sites for hydroxylation is 2. The molecule has 0 N–H and O–H groups in total. The first-order valence-electron chi connectivity index (χ1n) is 9.21. The predicted molar refractivity (Wildman–Crippen MR) is 90.9 cm³/mol. The summed E-state index contributed by atoms with van der Waals surface area (Å²) in [6, 6.07) is 2.60. The van der Waals surface area contributed by atoms with Crippen molar-refractivity contribution in [2.75, 3.05) is 39.4 Å². The summed E-state index contributed by atoms with van der Waals surface area (Å²) >= 11 is 0. The van der Waals surface area contributed by atoms with Gasteiger partial charge in [-0.2, -0.15) is 5.10 Å². The van der Waals surface area contributed by atoms with Gasteiger partial charge in [0.2, 0.25) is 0 Å². The molecule has 3 fully saturated rings. The van der Waals surface area contributed by atoms with Gasteiger partial charge in [0.15, 0.2) is 5.69 Å². The summed E-state index contributed by atoms with van der Waals surface area (Å²) in [5, 5.41) is 4.35. The number of carbonyl (C=O) groups excluding carboxylic acids is 1. The maximum absolute atomic E-state index is 12.7. The summed E-state index contributed by atoms with van der Waals surface area (Å²) in [5.74, 6) is 0.0933. The second-order valence-electron chi connectivity index (χ2n) is 7.65. The zero-order valence-corrected chi connectivity index (χ0v) is 14.8. The van der Waals surface area contributed by atoms with Gasteiger partial charge in [-0.05, 0) is 44.1 Å². The van der Waals surface area contributed by atoms with E-state index in [1.165, 1.54) is 12.8 Å². The molecule has 24 heavy (non-hydrogen) atoms. The van der Waals surface area contributed by atoms with Crippen molar-refractivity contribution < 1.29 is 9.53 Å². The normalized spacial score (nSPS) is 27.2. The second kappa shape index (κ2) is 6.15. The van der Waals surface area contributed by atoms with Crippen LogP contribution in [0.3, 0.4) is 0 Å². The third-order valence-corrected chi connectivity index (χ3v) is 6.49. The van der Waals surface area contributed by atoms with Crippen molar-refractivity contribution >= 4 is 5.91 Å². The number of carbonyl (C=O) groups is 1. The van der Waals surface area contributed by atoms with Gasteiger partial charge in [0.25, 0.3) is 5.91 Å². The molecule has 0 bridgehead atoms. The Balaban J connectivity index is 1.38. The maximum Gasteiger partial charge on any atom is 0.274 e. The number of nitrogens with zero attached hydrogens (tertiary/aromatic N) is 4. The van der Waals surface area contributed by atoms with Crippen molar-refractivity contribution in [1.82, 2.24) is 19.6 Å². The van der Waals surface area contributed by atoms with Crippen LogP contribution in [0.15, 0.2) is 6.07 Å². The van der Waals surface area contributed by atoms with E-state index in [2.05, 4.69) is 10.00 Å². The Morgan fingerprint density at radius 1 is 1.21 bits per heavy atom. The fraction of sp³-hybridized carbons (Fsp3) is 0.778. The van der Waals surface area contributed by atoms with E-state index >= 15 is 0 Å². The lowest BCUT2D eigenvalue weighted by atomic mass is 9.58. The number of hydrogen-bond acceptors (Lipinski definition) is 4. The first-order valence-corrected chi connectivity index (χ1v) is 9.21. The molecule has 1 aromatic heterocycles. The van der Waals surface area contributed by atoms with Gasteiger partial charge in [0.1, 0.15) is 0 Å². The highest BCUT2D eigenvalue weighted by atomic mass is 16.5. The predicted octanol–water partition coefficient (Wildman–Crippen LogP) is 1.45. The first kappa shape index (κ1) is 16.1. The average molecular weight is 332 g/mol. The molecule has 3 heterocycles. The van der Waals surface area contributed by atoms with E-state index in [1.54, 1.807) is 4.68 Å². The molecule has 6 nitrogen and oxygen atoms in total. The zero-order valence-electron chi connectivity index (χ0n) is 14.8. The molecule has 1 atom stereocenters. The summed E-state index contributed by atoms with van der Waals surface area (Å²) in [6.45, 7) is 7.61. The minimum atomic E-state index is 0.0933. The van der Waals surface area contributed by atoms with Crippen LogP contribution in [-0.4, -0.2) is 70.9 Å². The number of aromatic nitrogens is 2.